The average Bonchev–Trinajstić information content (AvgIpc) is 2.47. The van der Waals surface area contributed by atoms with Gasteiger partial charge in [-0.25, -0.2) is 9.13 Å². The number of aryl methyl sites for hydroxylation is 2. The minimum absolute atomic E-state index is 0. The van der Waals surface area contributed by atoms with Crippen molar-refractivity contribution in [3.8, 4) is 0 Å². The predicted octanol–water partition coefficient (Wildman–Crippen LogP) is -1.79. The molecule has 0 saturated carbocycles. The Morgan fingerprint density at radius 3 is 2.40 bits per heavy atom. The molecule has 1 rings (SSSR count). The molecule has 0 aromatic carbocycles. The van der Waals surface area contributed by atoms with Gasteiger partial charge in [0.25, 0.3) is 5.97 Å². The van der Waals surface area contributed by atoms with E-state index in [1.807, 2.05) is 7.05 Å². The first-order valence-electron chi connectivity index (χ1n) is 4.76. The summed E-state index contributed by atoms with van der Waals surface area (Å²) in [5, 5.41) is 7.42. The molecule has 0 aliphatic rings. The Balaban J connectivity index is 0. The summed E-state index contributed by atoms with van der Waals surface area (Å²) in [5.74, 6) is -0.833. The van der Waals surface area contributed by atoms with Gasteiger partial charge in [0.2, 0.25) is 6.33 Å². The van der Waals surface area contributed by atoms with Crippen molar-refractivity contribution in [3.05, 3.63) is 18.7 Å². The second kappa shape index (κ2) is 9.52. The van der Waals surface area contributed by atoms with Crippen LogP contribution in [0.2, 0.25) is 0 Å². The first-order valence-corrected chi connectivity index (χ1v) is 4.76. The highest BCUT2D eigenvalue weighted by atomic mass is 35.5. The van der Waals surface area contributed by atoms with Crippen molar-refractivity contribution < 1.29 is 26.9 Å². The Morgan fingerprint density at radius 2 is 2.07 bits per heavy atom. The third kappa shape index (κ3) is 10.9. The van der Waals surface area contributed by atoms with Gasteiger partial charge in [-0.05, 0) is 6.42 Å². The van der Waals surface area contributed by atoms with E-state index in [2.05, 4.69) is 34.8 Å². The number of hydrogen-bond acceptors (Lipinski definition) is 1. The van der Waals surface area contributed by atoms with Crippen LogP contribution in [-0.4, -0.2) is 15.6 Å². The van der Waals surface area contributed by atoms with E-state index in [1.54, 1.807) is 0 Å². The second-order valence-corrected chi connectivity index (χ2v) is 3.19. The van der Waals surface area contributed by atoms with E-state index in [-0.39, 0.29) is 12.4 Å². The lowest BCUT2D eigenvalue weighted by atomic mass is 10.3. The monoisotopic (exact) mass is 234 g/mol. The van der Waals surface area contributed by atoms with Crippen LogP contribution in [0.3, 0.4) is 0 Å². The molecule has 1 N–H and O–H groups in total. The zero-order valence-corrected chi connectivity index (χ0v) is 10.2. The molecule has 0 amide bonds. The van der Waals surface area contributed by atoms with Gasteiger partial charge in [-0.2, -0.15) is 0 Å². The molecular weight excluding hydrogens is 216 g/mol. The lowest BCUT2D eigenvalue weighted by molar-refractivity contribution is -0.671. The lowest BCUT2D eigenvalue weighted by Crippen LogP contribution is -3.00. The summed E-state index contributed by atoms with van der Waals surface area (Å²) < 4.78 is 4.28. The molecule has 1 heterocycles. The molecule has 88 valence electrons. The molecule has 4 nitrogen and oxygen atoms in total. The van der Waals surface area contributed by atoms with Gasteiger partial charge in [-0.1, -0.05) is 13.3 Å². The normalized spacial score (nSPS) is 8.47. The highest BCUT2D eigenvalue weighted by Gasteiger charge is 1.96. The van der Waals surface area contributed by atoms with Crippen molar-refractivity contribution in [2.24, 2.45) is 7.05 Å². The SMILES string of the molecule is CC(=O)O.CCCCn1cc[n+](C)c1.[Cl-]. The number of hydrogen-bond donors (Lipinski definition) is 1. The van der Waals surface area contributed by atoms with E-state index in [0.717, 1.165) is 13.5 Å². The van der Waals surface area contributed by atoms with Gasteiger partial charge in [0.05, 0.1) is 13.6 Å². The summed E-state index contributed by atoms with van der Waals surface area (Å²) in [5.41, 5.74) is 0. The number of imidazole rings is 1. The van der Waals surface area contributed by atoms with Crippen LogP contribution in [0.15, 0.2) is 18.7 Å². The molecular formula is C10H19ClN2O2. The van der Waals surface area contributed by atoms with Crippen molar-refractivity contribution in [2.45, 2.75) is 33.2 Å². The zero-order valence-electron chi connectivity index (χ0n) is 9.48. The van der Waals surface area contributed by atoms with Crippen molar-refractivity contribution in [1.82, 2.24) is 4.57 Å². The van der Waals surface area contributed by atoms with Crippen molar-refractivity contribution >= 4 is 5.97 Å². The number of carboxylic acid groups (broad SMARTS) is 1. The average molecular weight is 235 g/mol. The van der Waals surface area contributed by atoms with E-state index in [9.17, 15) is 0 Å². The third-order valence-corrected chi connectivity index (χ3v) is 1.59. The van der Waals surface area contributed by atoms with Crippen LogP contribution >= 0.6 is 0 Å². The molecule has 1 aromatic heterocycles. The largest absolute Gasteiger partial charge is 1.00 e. The summed E-state index contributed by atoms with van der Waals surface area (Å²) >= 11 is 0. The lowest BCUT2D eigenvalue weighted by Gasteiger charge is -1.90. The fourth-order valence-corrected chi connectivity index (χ4v) is 0.975. The van der Waals surface area contributed by atoms with Gasteiger partial charge in [-0.3, -0.25) is 4.79 Å². The molecule has 0 atom stereocenters. The molecule has 0 bridgehead atoms. The Morgan fingerprint density at radius 1 is 1.53 bits per heavy atom. The maximum Gasteiger partial charge on any atom is 0.300 e. The number of nitrogens with zero attached hydrogens (tertiary/aromatic N) is 2. The number of carbonyl (C=O) groups is 1. The van der Waals surface area contributed by atoms with Gasteiger partial charge in [0, 0.05) is 6.92 Å². The van der Waals surface area contributed by atoms with Crippen LogP contribution in [-0.2, 0) is 18.4 Å². The quantitative estimate of drug-likeness (QED) is 0.628. The molecule has 0 fully saturated rings. The Bertz CT molecular complexity index is 270. The van der Waals surface area contributed by atoms with Crippen LogP contribution in [0.4, 0.5) is 0 Å². The van der Waals surface area contributed by atoms with E-state index >= 15 is 0 Å². The maximum absolute atomic E-state index is 9.00. The molecule has 0 spiro atoms. The summed E-state index contributed by atoms with van der Waals surface area (Å²) in [6.45, 7) is 4.45. The second-order valence-electron chi connectivity index (χ2n) is 3.19. The molecule has 0 radical (unpaired) electrons. The molecule has 15 heavy (non-hydrogen) atoms. The Kier molecular flexibility index (Phi) is 10.4. The fourth-order valence-electron chi connectivity index (χ4n) is 0.975. The van der Waals surface area contributed by atoms with Crippen molar-refractivity contribution in [3.63, 3.8) is 0 Å². The number of rotatable bonds is 3. The number of aliphatic carboxylic acids is 1. The molecule has 0 unspecified atom stereocenters. The fraction of sp³-hybridized carbons (Fsp3) is 0.600. The summed E-state index contributed by atoms with van der Waals surface area (Å²) in [4.78, 5) is 9.00. The van der Waals surface area contributed by atoms with Gasteiger partial charge >= 0.3 is 0 Å². The smallest absolute Gasteiger partial charge is 0.300 e. The van der Waals surface area contributed by atoms with Gasteiger partial charge in [0.15, 0.2) is 0 Å². The van der Waals surface area contributed by atoms with Gasteiger partial charge in [0.1, 0.15) is 12.4 Å². The summed E-state index contributed by atoms with van der Waals surface area (Å²) in [6, 6.07) is 0. The minimum Gasteiger partial charge on any atom is -1.00 e. The number of unbranched alkanes of at least 4 members (excludes halogenated alkanes) is 1. The van der Waals surface area contributed by atoms with Crippen molar-refractivity contribution in [2.75, 3.05) is 0 Å². The van der Waals surface area contributed by atoms with Crippen LogP contribution < -0.4 is 17.0 Å². The highest BCUT2D eigenvalue weighted by molar-refractivity contribution is 5.62. The van der Waals surface area contributed by atoms with Crippen molar-refractivity contribution in [1.29, 1.82) is 0 Å². The molecule has 0 saturated heterocycles. The Labute approximate surface area is 96.9 Å². The maximum atomic E-state index is 9.00. The van der Waals surface area contributed by atoms with E-state index < -0.39 is 5.97 Å². The highest BCUT2D eigenvalue weighted by Crippen LogP contribution is 1.91. The van der Waals surface area contributed by atoms with E-state index in [1.165, 1.54) is 12.8 Å². The van der Waals surface area contributed by atoms with E-state index in [4.69, 9.17) is 9.90 Å². The molecule has 0 aliphatic carbocycles. The first-order chi connectivity index (χ1) is 6.56. The summed E-state index contributed by atoms with van der Waals surface area (Å²) in [6.07, 6.45) is 8.82. The molecule has 0 aliphatic heterocycles. The number of carboxylic acids is 1. The van der Waals surface area contributed by atoms with E-state index in [0.29, 0.717) is 0 Å². The van der Waals surface area contributed by atoms with Crippen LogP contribution in [0.5, 0.6) is 0 Å². The summed E-state index contributed by atoms with van der Waals surface area (Å²) in [7, 11) is 2.04. The third-order valence-electron chi connectivity index (χ3n) is 1.59. The Hall–Kier alpha value is -1.03. The minimum atomic E-state index is -0.833. The number of halogens is 1. The number of aromatic nitrogens is 2. The first kappa shape index (κ1) is 16.4. The van der Waals surface area contributed by atoms with Crippen LogP contribution in [0, 0.1) is 0 Å². The predicted molar refractivity (Wildman–Crippen MR) is 53.8 cm³/mol. The molecule has 1 aromatic rings. The molecule has 5 heteroatoms. The zero-order chi connectivity index (χ0) is 11.0. The van der Waals surface area contributed by atoms with Crippen LogP contribution in [0.25, 0.3) is 0 Å². The van der Waals surface area contributed by atoms with Gasteiger partial charge < -0.3 is 17.5 Å². The standard InChI is InChI=1S/C8H15N2.C2H4O2.ClH/c1-3-4-5-10-7-6-9(2)8-10;1-2(3)4;/h6-8H,3-5H2,1-2H3;1H3,(H,3,4);1H/q+1;;/p-1. The van der Waals surface area contributed by atoms with Gasteiger partial charge in [-0.15, -0.1) is 0 Å². The topological polar surface area (TPSA) is 46.1 Å². The van der Waals surface area contributed by atoms with Crippen LogP contribution in [0.1, 0.15) is 26.7 Å².